The number of carbonyl (C=O) groups excluding carboxylic acids is 2. The van der Waals surface area contributed by atoms with Crippen LogP contribution in [0.2, 0.25) is 0 Å². The minimum Gasteiger partial charge on any atom is -0.463 e. The van der Waals surface area contributed by atoms with Crippen molar-refractivity contribution in [3.05, 3.63) is 60.2 Å². The molecule has 3 nitrogen and oxygen atoms in total. The van der Waals surface area contributed by atoms with Crippen molar-refractivity contribution in [2.24, 2.45) is 0 Å². The van der Waals surface area contributed by atoms with E-state index in [1.165, 1.54) is 7.11 Å². The van der Waals surface area contributed by atoms with Crippen LogP contribution >= 0.6 is 0 Å². The number of ether oxygens (including phenoxy) is 1. The number of hydrogen-bond donors (Lipinski definition) is 0. The molecule has 0 radical (unpaired) electrons. The lowest BCUT2D eigenvalue weighted by Gasteiger charge is -2.04. The minimum atomic E-state index is -0.801. The Balaban J connectivity index is 2.21. The third kappa shape index (κ3) is 3.28. The summed E-state index contributed by atoms with van der Waals surface area (Å²) in [7, 11) is 1.21. The van der Waals surface area contributed by atoms with Crippen LogP contribution < -0.4 is 0 Å². The molecule has 0 saturated carbocycles. The Bertz CT molecular complexity index is 588. The molecule has 0 aromatic heterocycles. The number of benzene rings is 2. The van der Waals surface area contributed by atoms with Gasteiger partial charge in [-0.15, -0.1) is 0 Å². The third-order valence-electron chi connectivity index (χ3n) is 2.81. The van der Waals surface area contributed by atoms with Crippen LogP contribution in [0.3, 0.4) is 0 Å². The predicted molar refractivity (Wildman–Crippen MR) is 72.6 cm³/mol. The van der Waals surface area contributed by atoms with Crippen molar-refractivity contribution in [3.8, 4) is 11.1 Å². The fourth-order valence-electron chi connectivity index (χ4n) is 1.86. The summed E-state index contributed by atoms with van der Waals surface area (Å²) in [6.45, 7) is 0. The molecule has 0 unspecified atom stereocenters. The van der Waals surface area contributed by atoms with Crippen LogP contribution in [0, 0.1) is 0 Å². The first-order chi connectivity index (χ1) is 9.20. The second-order valence-electron chi connectivity index (χ2n) is 4.16. The number of ketones is 1. The van der Waals surface area contributed by atoms with Crippen molar-refractivity contribution in [3.63, 3.8) is 0 Å². The van der Waals surface area contributed by atoms with Gasteiger partial charge in [0.1, 0.15) is 0 Å². The lowest BCUT2D eigenvalue weighted by atomic mass is 10.0. The van der Waals surface area contributed by atoms with Crippen molar-refractivity contribution in [2.75, 3.05) is 7.11 Å². The molecule has 96 valence electrons. The van der Waals surface area contributed by atoms with Gasteiger partial charge in [0.2, 0.25) is 5.78 Å². The predicted octanol–water partition coefficient (Wildman–Crippen LogP) is 2.64. The number of methoxy groups -OCH3 is 1. The van der Waals surface area contributed by atoms with Crippen LogP contribution in [0.1, 0.15) is 5.56 Å². The van der Waals surface area contributed by atoms with Gasteiger partial charge in [0.25, 0.3) is 0 Å². The monoisotopic (exact) mass is 254 g/mol. The SMILES string of the molecule is COC(=O)C(=O)Cc1cccc(-c2ccccc2)c1. The minimum absolute atomic E-state index is 0.0628. The highest BCUT2D eigenvalue weighted by Crippen LogP contribution is 2.20. The van der Waals surface area contributed by atoms with Gasteiger partial charge in [-0.3, -0.25) is 4.79 Å². The maximum atomic E-state index is 11.5. The van der Waals surface area contributed by atoms with Crippen molar-refractivity contribution in [1.82, 2.24) is 0 Å². The van der Waals surface area contributed by atoms with Crippen LogP contribution in [-0.4, -0.2) is 18.9 Å². The van der Waals surface area contributed by atoms with E-state index in [0.29, 0.717) is 0 Å². The number of rotatable bonds is 4. The molecule has 0 spiro atoms. The Morgan fingerprint density at radius 3 is 2.32 bits per heavy atom. The highest BCUT2D eigenvalue weighted by molar-refractivity contribution is 6.34. The molecule has 0 bridgehead atoms. The van der Waals surface area contributed by atoms with E-state index < -0.39 is 11.8 Å². The van der Waals surface area contributed by atoms with E-state index in [-0.39, 0.29) is 6.42 Å². The van der Waals surface area contributed by atoms with Crippen molar-refractivity contribution < 1.29 is 14.3 Å². The average molecular weight is 254 g/mol. The number of Topliss-reactive ketones (excluding diaryl/α,β-unsaturated/α-hetero) is 1. The Kier molecular flexibility index (Phi) is 4.08. The molecule has 0 aliphatic rings. The van der Waals surface area contributed by atoms with Crippen LogP contribution in [0.25, 0.3) is 11.1 Å². The van der Waals surface area contributed by atoms with E-state index >= 15 is 0 Å². The second-order valence-corrected chi connectivity index (χ2v) is 4.16. The largest absolute Gasteiger partial charge is 0.463 e. The Morgan fingerprint density at radius 2 is 1.63 bits per heavy atom. The smallest absolute Gasteiger partial charge is 0.374 e. The molecule has 0 atom stereocenters. The van der Waals surface area contributed by atoms with Gasteiger partial charge < -0.3 is 4.74 Å². The zero-order chi connectivity index (χ0) is 13.7. The number of esters is 1. The van der Waals surface area contributed by atoms with E-state index in [0.717, 1.165) is 16.7 Å². The van der Waals surface area contributed by atoms with Crippen molar-refractivity contribution >= 4 is 11.8 Å². The van der Waals surface area contributed by atoms with Crippen LogP contribution in [0.15, 0.2) is 54.6 Å². The summed E-state index contributed by atoms with van der Waals surface area (Å²) >= 11 is 0. The van der Waals surface area contributed by atoms with E-state index in [1.54, 1.807) is 0 Å². The highest BCUT2D eigenvalue weighted by Gasteiger charge is 2.14. The van der Waals surface area contributed by atoms with Gasteiger partial charge in [0.15, 0.2) is 0 Å². The summed E-state index contributed by atoms with van der Waals surface area (Å²) in [6, 6.07) is 17.5. The molecule has 0 N–H and O–H groups in total. The molecule has 3 heteroatoms. The molecular weight excluding hydrogens is 240 g/mol. The summed E-state index contributed by atoms with van der Waals surface area (Å²) in [5.41, 5.74) is 2.90. The molecule has 0 fully saturated rings. The molecule has 19 heavy (non-hydrogen) atoms. The summed E-state index contributed by atoms with van der Waals surface area (Å²) < 4.78 is 4.41. The van der Waals surface area contributed by atoms with Gasteiger partial charge in [0.05, 0.1) is 7.11 Å². The van der Waals surface area contributed by atoms with Gasteiger partial charge in [-0.25, -0.2) is 4.79 Å². The molecule has 0 heterocycles. The maximum Gasteiger partial charge on any atom is 0.374 e. The first kappa shape index (κ1) is 13.0. The number of hydrogen-bond acceptors (Lipinski definition) is 3. The number of carbonyl (C=O) groups is 2. The standard InChI is InChI=1S/C16H14O3/c1-19-16(18)15(17)11-12-6-5-9-14(10-12)13-7-3-2-4-8-13/h2-10H,11H2,1H3. The Hall–Kier alpha value is -2.42. The highest BCUT2D eigenvalue weighted by atomic mass is 16.5. The van der Waals surface area contributed by atoms with E-state index in [9.17, 15) is 9.59 Å². The first-order valence-corrected chi connectivity index (χ1v) is 5.96. The van der Waals surface area contributed by atoms with Gasteiger partial charge in [0, 0.05) is 6.42 Å². The zero-order valence-electron chi connectivity index (χ0n) is 10.6. The Morgan fingerprint density at radius 1 is 0.947 bits per heavy atom. The van der Waals surface area contributed by atoms with Crippen LogP contribution in [0.4, 0.5) is 0 Å². The third-order valence-corrected chi connectivity index (χ3v) is 2.81. The maximum absolute atomic E-state index is 11.5. The van der Waals surface area contributed by atoms with E-state index in [4.69, 9.17) is 0 Å². The quantitative estimate of drug-likeness (QED) is 0.622. The van der Waals surface area contributed by atoms with Crippen LogP contribution in [-0.2, 0) is 20.7 Å². The molecule has 0 saturated heterocycles. The van der Waals surface area contributed by atoms with Crippen LogP contribution in [0.5, 0.6) is 0 Å². The van der Waals surface area contributed by atoms with E-state index in [2.05, 4.69) is 4.74 Å². The van der Waals surface area contributed by atoms with Gasteiger partial charge in [-0.05, 0) is 16.7 Å². The molecule has 0 aliphatic heterocycles. The zero-order valence-corrected chi connectivity index (χ0v) is 10.6. The van der Waals surface area contributed by atoms with Gasteiger partial charge in [-0.2, -0.15) is 0 Å². The van der Waals surface area contributed by atoms with Crippen molar-refractivity contribution in [2.45, 2.75) is 6.42 Å². The molecule has 0 aliphatic carbocycles. The molecular formula is C16H14O3. The van der Waals surface area contributed by atoms with Crippen molar-refractivity contribution in [1.29, 1.82) is 0 Å². The molecule has 2 rings (SSSR count). The normalized spacial score (nSPS) is 9.95. The Labute approximate surface area is 111 Å². The molecule has 2 aromatic rings. The topological polar surface area (TPSA) is 43.4 Å². The first-order valence-electron chi connectivity index (χ1n) is 5.96. The summed E-state index contributed by atoms with van der Waals surface area (Å²) in [4.78, 5) is 22.6. The lowest BCUT2D eigenvalue weighted by Crippen LogP contribution is -2.17. The lowest BCUT2D eigenvalue weighted by molar-refractivity contribution is -0.151. The molecule has 0 amide bonds. The van der Waals surface area contributed by atoms with Gasteiger partial charge >= 0.3 is 5.97 Å². The second kappa shape index (κ2) is 5.96. The average Bonchev–Trinajstić information content (AvgIpc) is 2.47. The summed E-state index contributed by atoms with van der Waals surface area (Å²) in [5.74, 6) is -1.34. The van der Waals surface area contributed by atoms with Gasteiger partial charge in [-0.1, -0.05) is 54.6 Å². The van der Waals surface area contributed by atoms with E-state index in [1.807, 2.05) is 54.6 Å². The fraction of sp³-hybridized carbons (Fsp3) is 0.125. The summed E-state index contributed by atoms with van der Waals surface area (Å²) in [6.07, 6.45) is 0.0628. The molecule has 2 aromatic carbocycles. The summed E-state index contributed by atoms with van der Waals surface area (Å²) in [5, 5.41) is 0. The fourth-order valence-corrected chi connectivity index (χ4v) is 1.86.